The molecule has 2 aromatic rings. The number of nitrogens with one attached hydrogen (secondary N) is 3. The van der Waals surface area contributed by atoms with E-state index in [0.29, 0.717) is 31.7 Å². The lowest BCUT2D eigenvalue weighted by Gasteiger charge is -2.52. The van der Waals surface area contributed by atoms with E-state index in [2.05, 4.69) is 35.0 Å². The van der Waals surface area contributed by atoms with E-state index in [1.807, 2.05) is 18.2 Å². The molecule has 0 radical (unpaired) electrons. The molecule has 0 aliphatic carbocycles. The molecule has 1 unspecified atom stereocenters. The molecule has 9 heteroatoms. The quantitative estimate of drug-likeness (QED) is 0.347. The predicted molar refractivity (Wildman–Crippen MR) is 145 cm³/mol. The third kappa shape index (κ3) is 7.60. The Hall–Kier alpha value is -2.91. The van der Waals surface area contributed by atoms with Crippen LogP contribution in [0.5, 0.6) is 0 Å². The summed E-state index contributed by atoms with van der Waals surface area (Å²) in [5.41, 5.74) is 0.655. The number of carbonyl (C=O) groups excluding carboxylic acids is 2. The first kappa shape index (κ1) is 29.1. The number of halogens is 3. The number of nitrogens with zero attached hydrogens (tertiary/aromatic N) is 1. The minimum atomic E-state index is -4.48. The number of hydrogen-bond donors (Lipinski definition) is 3. The van der Waals surface area contributed by atoms with Gasteiger partial charge < -0.3 is 20.9 Å². The Morgan fingerprint density at radius 3 is 2.54 bits per heavy atom. The van der Waals surface area contributed by atoms with Crippen LogP contribution in [0.1, 0.15) is 62.1 Å². The van der Waals surface area contributed by atoms with Gasteiger partial charge in [-0.3, -0.25) is 9.59 Å². The molecular weight excluding hydrogens is 505 g/mol. The van der Waals surface area contributed by atoms with E-state index in [-0.39, 0.29) is 36.1 Å². The summed E-state index contributed by atoms with van der Waals surface area (Å²) in [5, 5.41) is 9.29. The molecule has 4 rings (SSSR count). The zero-order valence-corrected chi connectivity index (χ0v) is 22.5. The van der Waals surface area contributed by atoms with E-state index < -0.39 is 17.8 Å². The van der Waals surface area contributed by atoms with E-state index in [0.717, 1.165) is 44.4 Å². The Labute approximate surface area is 228 Å². The van der Waals surface area contributed by atoms with Crippen LogP contribution in [0.15, 0.2) is 54.6 Å². The van der Waals surface area contributed by atoms with E-state index in [1.165, 1.54) is 11.6 Å². The number of carbonyl (C=O) groups is 2. The summed E-state index contributed by atoms with van der Waals surface area (Å²) in [4.78, 5) is 28.3. The normalized spacial score (nSPS) is 19.4. The Morgan fingerprint density at radius 1 is 1.10 bits per heavy atom. The Kier molecular flexibility index (Phi) is 9.67. The fourth-order valence-corrected chi connectivity index (χ4v) is 5.67. The SMILES string of the molecule is CCCCCC1(c2ccccc2)CN(C(=O)[C@@H](Cc2cccc(C(F)(F)F)c2)NC(=O)CCC2CNCN2)C1. The van der Waals surface area contributed by atoms with Crippen molar-refractivity contribution in [3.05, 3.63) is 71.3 Å². The molecule has 2 aliphatic rings. The summed E-state index contributed by atoms with van der Waals surface area (Å²) in [6.45, 7) is 4.69. The van der Waals surface area contributed by atoms with Crippen LogP contribution >= 0.6 is 0 Å². The van der Waals surface area contributed by atoms with Crippen LogP contribution in [0.3, 0.4) is 0 Å². The molecule has 0 saturated carbocycles. The Balaban J connectivity index is 1.48. The van der Waals surface area contributed by atoms with Gasteiger partial charge in [0.05, 0.1) is 5.56 Å². The second-order valence-corrected chi connectivity index (χ2v) is 10.9. The average Bonchev–Trinajstić information content (AvgIpc) is 3.42. The summed E-state index contributed by atoms with van der Waals surface area (Å²) < 4.78 is 40.0. The zero-order valence-electron chi connectivity index (χ0n) is 22.5. The van der Waals surface area contributed by atoms with Gasteiger partial charge in [-0.25, -0.2) is 0 Å². The molecule has 2 amide bonds. The zero-order chi connectivity index (χ0) is 27.9. The molecule has 2 aliphatic heterocycles. The van der Waals surface area contributed by atoms with Crippen LogP contribution in [-0.2, 0) is 27.6 Å². The van der Waals surface area contributed by atoms with Crippen LogP contribution < -0.4 is 16.0 Å². The van der Waals surface area contributed by atoms with Gasteiger partial charge in [0.1, 0.15) is 6.04 Å². The average molecular weight is 545 g/mol. The maximum atomic E-state index is 13.7. The Bertz CT molecular complexity index is 1100. The first-order valence-corrected chi connectivity index (χ1v) is 13.9. The molecule has 0 spiro atoms. The van der Waals surface area contributed by atoms with Crippen LogP contribution in [-0.4, -0.2) is 55.1 Å². The summed E-state index contributed by atoms with van der Waals surface area (Å²) in [5.74, 6) is -0.518. The maximum absolute atomic E-state index is 13.7. The fraction of sp³-hybridized carbons (Fsp3) is 0.533. The first-order chi connectivity index (χ1) is 18.7. The molecule has 212 valence electrons. The van der Waals surface area contributed by atoms with E-state index >= 15 is 0 Å². The third-order valence-corrected chi connectivity index (χ3v) is 7.90. The van der Waals surface area contributed by atoms with Gasteiger partial charge in [0.2, 0.25) is 11.8 Å². The number of alkyl halides is 3. The van der Waals surface area contributed by atoms with E-state index in [1.54, 1.807) is 11.0 Å². The number of amides is 2. The molecule has 0 aromatic heterocycles. The lowest BCUT2D eigenvalue weighted by Crippen LogP contribution is -2.64. The van der Waals surface area contributed by atoms with E-state index in [4.69, 9.17) is 0 Å². The highest BCUT2D eigenvalue weighted by Crippen LogP contribution is 2.40. The van der Waals surface area contributed by atoms with Gasteiger partial charge >= 0.3 is 6.18 Å². The van der Waals surface area contributed by atoms with Crippen molar-refractivity contribution in [2.75, 3.05) is 26.3 Å². The summed E-state index contributed by atoms with van der Waals surface area (Å²) in [7, 11) is 0. The number of rotatable bonds is 12. The van der Waals surface area contributed by atoms with Crippen molar-refractivity contribution in [1.29, 1.82) is 0 Å². The molecular formula is C30H39F3N4O2. The van der Waals surface area contributed by atoms with Gasteiger partial charge in [0.15, 0.2) is 0 Å². The van der Waals surface area contributed by atoms with Crippen molar-refractivity contribution >= 4 is 11.8 Å². The highest BCUT2D eigenvalue weighted by molar-refractivity contribution is 5.88. The molecule has 2 saturated heterocycles. The summed E-state index contributed by atoms with van der Waals surface area (Å²) in [6.07, 6.45) is 0.601. The van der Waals surface area contributed by atoms with Crippen LogP contribution in [0.2, 0.25) is 0 Å². The number of hydrogen-bond acceptors (Lipinski definition) is 4. The number of benzene rings is 2. The Morgan fingerprint density at radius 2 is 1.87 bits per heavy atom. The molecule has 3 N–H and O–H groups in total. The summed E-state index contributed by atoms with van der Waals surface area (Å²) >= 11 is 0. The molecule has 6 nitrogen and oxygen atoms in total. The minimum Gasteiger partial charge on any atom is -0.344 e. The second-order valence-electron chi connectivity index (χ2n) is 10.9. The van der Waals surface area contributed by atoms with Gasteiger partial charge in [0.25, 0.3) is 0 Å². The number of unbranched alkanes of at least 4 members (excludes halogenated alkanes) is 2. The molecule has 2 aromatic carbocycles. The highest BCUT2D eigenvalue weighted by Gasteiger charge is 2.47. The molecule has 2 atom stereocenters. The fourth-order valence-electron chi connectivity index (χ4n) is 5.67. The molecule has 39 heavy (non-hydrogen) atoms. The van der Waals surface area contributed by atoms with Gasteiger partial charge in [-0.2, -0.15) is 13.2 Å². The molecule has 2 fully saturated rings. The second kappa shape index (κ2) is 13.0. The monoisotopic (exact) mass is 544 g/mol. The van der Waals surface area contributed by atoms with Crippen molar-refractivity contribution in [2.24, 2.45) is 0 Å². The van der Waals surface area contributed by atoms with Gasteiger partial charge in [0, 0.05) is 50.6 Å². The summed E-state index contributed by atoms with van der Waals surface area (Å²) in [6, 6.07) is 14.4. The van der Waals surface area contributed by atoms with E-state index in [9.17, 15) is 22.8 Å². The van der Waals surface area contributed by atoms with Crippen molar-refractivity contribution in [3.63, 3.8) is 0 Å². The van der Waals surface area contributed by atoms with Crippen molar-refractivity contribution < 1.29 is 22.8 Å². The standard InChI is InChI=1S/C30H39F3N4O2/c1-2-3-7-15-29(23-10-5-4-6-11-23)19-37(20-29)28(39)26(36-27(38)14-13-25-18-34-21-35-25)17-22-9-8-12-24(16-22)30(31,32)33/h4-6,8-12,16,25-26,34-35H,2-3,7,13-15,17-21H2,1H3,(H,36,38)/t25?,26-/m1/s1. The van der Waals surface area contributed by atoms with Crippen LogP contribution in [0.4, 0.5) is 13.2 Å². The minimum absolute atomic E-state index is 0.00238. The number of likely N-dealkylation sites (tertiary alicyclic amines) is 1. The van der Waals surface area contributed by atoms with Crippen molar-refractivity contribution in [3.8, 4) is 0 Å². The lowest BCUT2D eigenvalue weighted by atomic mass is 9.70. The van der Waals surface area contributed by atoms with Crippen molar-refractivity contribution in [1.82, 2.24) is 20.9 Å². The highest BCUT2D eigenvalue weighted by atomic mass is 19.4. The van der Waals surface area contributed by atoms with Gasteiger partial charge in [-0.1, -0.05) is 74.7 Å². The molecule has 2 heterocycles. The smallest absolute Gasteiger partial charge is 0.344 e. The topological polar surface area (TPSA) is 73.5 Å². The predicted octanol–water partition coefficient (Wildman–Crippen LogP) is 4.39. The van der Waals surface area contributed by atoms with Crippen molar-refractivity contribution in [2.45, 2.75) is 75.5 Å². The van der Waals surface area contributed by atoms with Gasteiger partial charge in [-0.05, 0) is 30.0 Å². The van der Waals surface area contributed by atoms with Crippen LogP contribution in [0, 0.1) is 0 Å². The third-order valence-electron chi connectivity index (χ3n) is 7.90. The first-order valence-electron chi connectivity index (χ1n) is 13.9. The largest absolute Gasteiger partial charge is 0.416 e. The van der Waals surface area contributed by atoms with Gasteiger partial charge in [-0.15, -0.1) is 0 Å². The lowest BCUT2D eigenvalue weighted by molar-refractivity contribution is -0.143. The van der Waals surface area contributed by atoms with Crippen LogP contribution in [0.25, 0.3) is 0 Å². The molecule has 0 bridgehead atoms. The maximum Gasteiger partial charge on any atom is 0.416 e.